The van der Waals surface area contributed by atoms with Gasteiger partial charge in [0.1, 0.15) is 5.75 Å². The molecule has 1 amide bonds. The van der Waals surface area contributed by atoms with Crippen molar-refractivity contribution in [3.63, 3.8) is 0 Å². The van der Waals surface area contributed by atoms with E-state index in [2.05, 4.69) is 5.32 Å². The largest absolute Gasteiger partial charge is 0.494 e. The summed E-state index contributed by atoms with van der Waals surface area (Å²) in [4.78, 5) is 11.1. The lowest BCUT2D eigenvalue weighted by Crippen LogP contribution is -2.41. The molecule has 0 radical (unpaired) electrons. The van der Waals surface area contributed by atoms with Gasteiger partial charge in [0.15, 0.2) is 0 Å². The zero-order valence-electron chi connectivity index (χ0n) is 15.3. The van der Waals surface area contributed by atoms with Crippen molar-refractivity contribution in [2.45, 2.75) is 58.7 Å². The van der Waals surface area contributed by atoms with Crippen molar-refractivity contribution in [3.8, 4) is 5.75 Å². The molecule has 1 saturated heterocycles. The normalized spacial score (nSPS) is 18.5. The molecule has 1 aliphatic rings. The van der Waals surface area contributed by atoms with E-state index in [1.165, 1.54) is 0 Å². The summed E-state index contributed by atoms with van der Waals surface area (Å²) in [5.74, 6) is 0.874. The Labute approximate surface area is 145 Å². The molecule has 0 bridgehead atoms. The highest BCUT2D eigenvalue weighted by Crippen LogP contribution is 2.36. The summed E-state index contributed by atoms with van der Waals surface area (Å²) >= 11 is 0. The number of benzene rings is 1. The number of amides is 1. The second kappa shape index (κ2) is 7.57. The topological polar surface area (TPSA) is 56.8 Å². The molecule has 1 fully saturated rings. The Hall–Kier alpha value is -1.53. The van der Waals surface area contributed by atoms with Crippen molar-refractivity contribution >= 4 is 18.5 Å². The number of rotatable bonds is 7. The zero-order chi connectivity index (χ0) is 17.8. The summed E-state index contributed by atoms with van der Waals surface area (Å²) in [5.41, 5.74) is 0.308. The lowest BCUT2D eigenvalue weighted by molar-refractivity contribution is -0.120. The van der Waals surface area contributed by atoms with Gasteiger partial charge in [0, 0.05) is 13.0 Å². The molecular weight excluding hydrogens is 305 g/mol. The maximum atomic E-state index is 11.1. The fourth-order valence-corrected chi connectivity index (χ4v) is 2.32. The molecule has 0 saturated carbocycles. The van der Waals surface area contributed by atoms with E-state index in [-0.39, 0.29) is 24.2 Å². The van der Waals surface area contributed by atoms with E-state index in [1.54, 1.807) is 0 Å². The van der Waals surface area contributed by atoms with Crippen molar-refractivity contribution < 1.29 is 18.8 Å². The van der Waals surface area contributed by atoms with Gasteiger partial charge < -0.3 is 19.4 Å². The van der Waals surface area contributed by atoms with Crippen LogP contribution < -0.4 is 15.5 Å². The average Bonchev–Trinajstić information content (AvgIpc) is 2.75. The van der Waals surface area contributed by atoms with E-state index in [0.29, 0.717) is 19.6 Å². The predicted molar refractivity (Wildman–Crippen MR) is 95.6 cm³/mol. The highest BCUT2D eigenvalue weighted by molar-refractivity contribution is 6.62. The van der Waals surface area contributed by atoms with Crippen LogP contribution in [0.15, 0.2) is 24.3 Å². The first-order valence-electron chi connectivity index (χ1n) is 8.60. The third-order valence-electron chi connectivity index (χ3n) is 4.64. The van der Waals surface area contributed by atoms with Crippen molar-refractivity contribution in [2.75, 3.05) is 13.2 Å². The number of carbonyl (C=O) groups excluding carboxylic acids is 1. The predicted octanol–water partition coefficient (Wildman–Crippen LogP) is 2.28. The fourth-order valence-electron chi connectivity index (χ4n) is 2.32. The van der Waals surface area contributed by atoms with Crippen LogP contribution in [-0.4, -0.2) is 37.4 Å². The van der Waals surface area contributed by atoms with Gasteiger partial charge in [0.05, 0.1) is 17.8 Å². The number of hydrogen-bond donors (Lipinski definition) is 1. The van der Waals surface area contributed by atoms with E-state index in [0.717, 1.165) is 17.6 Å². The Morgan fingerprint density at radius 3 is 2.25 bits per heavy atom. The maximum absolute atomic E-state index is 11.1. The van der Waals surface area contributed by atoms with Gasteiger partial charge in [0.2, 0.25) is 5.91 Å². The van der Waals surface area contributed by atoms with Crippen LogP contribution in [0.25, 0.3) is 0 Å². The van der Waals surface area contributed by atoms with Gasteiger partial charge in [-0.2, -0.15) is 0 Å². The van der Waals surface area contributed by atoms with Crippen LogP contribution in [0.4, 0.5) is 0 Å². The Balaban J connectivity index is 1.80. The molecule has 0 aliphatic carbocycles. The van der Waals surface area contributed by atoms with Crippen LogP contribution >= 0.6 is 0 Å². The molecule has 0 unspecified atom stereocenters. The summed E-state index contributed by atoms with van der Waals surface area (Å²) < 4.78 is 17.8. The third kappa shape index (κ3) is 4.51. The molecule has 1 aromatic carbocycles. The zero-order valence-corrected chi connectivity index (χ0v) is 15.3. The molecule has 1 aromatic rings. The van der Waals surface area contributed by atoms with Gasteiger partial charge >= 0.3 is 7.12 Å². The molecule has 1 aliphatic heterocycles. The Bertz CT molecular complexity index is 541. The van der Waals surface area contributed by atoms with Crippen LogP contribution in [0.5, 0.6) is 5.75 Å². The summed E-state index contributed by atoms with van der Waals surface area (Å²) in [6.07, 6.45) is 1.30. The molecule has 1 N–H and O–H groups in total. The lowest BCUT2D eigenvalue weighted by Gasteiger charge is -2.32. The van der Waals surface area contributed by atoms with E-state index < -0.39 is 0 Å². The average molecular weight is 333 g/mol. The molecule has 0 spiro atoms. The van der Waals surface area contributed by atoms with Crippen molar-refractivity contribution in [1.82, 2.24) is 5.32 Å². The van der Waals surface area contributed by atoms with E-state index in [4.69, 9.17) is 14.0 Å². The number of ether oxygens (including phenoxy) is 1. The minimum atomic E-state index is -0.353. The molecule has 0 aromatic heterocycles. The number of hydrogen-bond acceptors (Lipinski definition) is 4. The summed E-state index contributed by atoms with van der Waals surface area (Å²) in [7, 11) is -0.353. The summed E-state index contributed by atoms with van der Waals surface area (Å²) in [5, 5.41) is 2.83. The third-order valence-corrected chi connectivity index (χ3v) is 4.64. The molecule has 6 heteroatoms. The minimum Gasteiger partial charge on any atom is -0.494 e. The van der Waals surface area contributed by atoms with Crippen LogP contribution in [0, 0.1) is 0 Å². The highest BCUT2D eigenvalue weighted by atomic mass is 16.7. The van der Waals surface area contributed by atoms with Crippen molar-refractivity contribution in [3.05, 3.63) is 24.3 Å². The first-order valence-corrected chi connectivity index (χ1v) is 8.60. The van der Waals surface area contributed by atoms with Crippen LogP contribution in [0.3, 0.4) is 0 Å². The maximum Gasteiger partial charge on any atom is 0.494 e. The lowest BCUT2D eigenvalue weighted by atomic mass is 9.79. The second-order valence-corrected chi connectivity index (χ2v) is 7.06. The van der Waals surface area contributed by atoms with Gasteiger partial charge in [-0.3, -0.25) is 4.79 Å². The highest BCUT2D eigenvalue weighted by Gasteiger charge is 2.51. The van der Waals surface area contributed by atoms with Gasteiger partial charge in [-0.25, -0.2) is 0 Å². The van der Waals surface area contributed by atoms with Gasteiger partial charge in [0.25, 0.3) is 0 Å². The monoisotopic (exact) mass is 333 g/mol. The fraction of sp³-hybridized carbons (Fsp3) is 0.611. The van der Waals surface area contributed by atoms with Crippen molar-refractivity contribution in [1.29, 1.82) is 0 Å². The van der Waals surface area contributed by atoms with Gasteiger partial charge in [-0.15, -0.1) is 0 Å². The van der Waals surface area contributed by atoms with Crippen LogP contribution in [-0.2, 0) is 14.1 Å². The van der Waals surface area contributed by atoms with E-state index in [1.807, 2.05) is 58.9 Å². The second-order valence-electron chi connectivity index (χ2n) is 7.06. The Morgan fingerprint density at radius 2 is 1.71 bits per heavy atom. The van der Waals surface area contributed by atoms with E-state index in [9.17, 15) is 4.79 Å². The first-order chi connectivity index (χ1) is 11.2. The standard InChI is InChI=1S/C18H28BNO4/c1-6-16(21)20-12-7-13-22-15-10-8-14(9-11-15)19-23-17(2,3)18(4,5)24-19/h8-11H,6-7,12-13H2,1-5H3,(H,20,21). The smallest absolute Gasteiger partial charge is 0.494 e. The molecular formula is C18H28BNO4. The van der Waals surface area contributed by atoms with E-state index >= 15 is 0 Å². The first kappa shape index (κ1) is 18.8. The summed E-state index contributed by atoms with van der Waals surface area (Å²) in [6.45, 7) is 11.2. The number of nitrogens with one attached hydrogen (secondary N) is 1. The minimum absolute atomic E-state index is 0.0711. The molecule has 2 rings (SSSR count). The molecule has 132 valence electrons. The van der Waals surface area contributed by atoms with Gasteiger partial charge in [-0.05, 0) is 51.7 Å². The van der Waals surface area contributed by atoms with Crippen LogP contribution in [0.2, 0.25) is 0 Å². The van der Waals surface area contributed by atoms with Crippen LogP contribution in [0.1, 0.15) is 47.5 Å². The SMILES string of the molecule is CCC(=O)NCCCOc1ccc(B2OC(C)(C)C(C)(C)O2)cc1. The Kier molecular flexibility index (Phi) is 5.94. The Morgan fingerprint density at radius 1 is 1.12 bits per heavy atom. The summed E-state index contributed by atoms with van der Waals surface area (Å²) in [6, 6.07) is 7.78. The number of carbonyl (C=O) groups is 1. The van der Waals surface area contributed by atoms with Crippen molar-refractivity contribution in [2.24, 2.45) is 0 Å². The molecule has 5 nitrogen and oxygen atoms in total. The molecule has 24 heavy (non-hydrogen) atoms. The molecule has 1 heterocycles. The molecule has 0 atom stereocenters. The quantitative estimate of drug-likeness (QED) is 0.614. The van der Waals surface area contributed by atoms with Gasteiger partial charge in [-0.1, -0.05) is 19.1 Å².